The molecule has 0 aromatic carbocycles. The molecule has 6 heteroatoms. The minimum Gasteiger partial charge on any atom is -0.480 e. The Morgan fingerprint density at radius 1 is 1.59 bits per heavy atom. The molecule has 0 saturated heterocycles. The van der Waals surface area contributed by atoms with E-state index in [2.05, 4.69) is 15.3 Å². The third kappa shape index (κ3) is 3.90. The largest absolute Gasteiger partial charge is 0.480 e. The van der Waals surface area contributed by atoms with Crippen LogP contribution in [0.3, 0.4) is 0 Å². The molecule has 1 aromatic heterocycles. The number of nitrogens with one attached hydrogen (secondary N) is 2. The van der Waals surface area contributed by atoms with Crippen LogP contribution in [0.5, 0.6) is 0 Å². The van der Waals surface area contributed by atoms with Crippen molar-refractivity contribution in [2.45, 2.75) is 39.2 Å². The van der Waals surface area contributed by atoms with Crippen molar-refractivity contribution in [3.05, 3.63) is 22.2 Å². The van der Waals surface area contributed by atoms with E-state index in [0.717, 1.165) is 6.42 Å². The molecule has 0 aliphatic rings. The summed E-state index contributed by atoms with van der Waals surface area (Å²) in [6, 6.07) is 0.559. The van der Waals surface area contributed by atoms with E-state index < -0.39 is 12.0 Å². The molecule has 1 rings (SSSR count). The van der Waals surface area contributed by atoms with Gasteiger partial charge in [-0.15, -0.1) is 0 Å². The van der Waals surface area contributed by atoms with Crippen LogP contribution in [0.25, 0.3) is 0 Å². The van der Waals surface area contributed by atoms with Gasteiger partial charge in [0.1, 0.15) is 17.7 Å². The highest BCUT2D eigenvalue weighted by Crippen LogP contribution is 2.06. The molecule has 1 heterocycles. The fourth-order valence-electron chi connectivity index (χ4n) is 1.47. The van der Waals surface area contributed by atoms with Gasteiger partial charge >= 0.3 is 5.97 Å². The summed E-state index contributed by atoms with van der Waals surface area (Å²) in [6.45, 7) is 3.77. The Bertz CT molecular complexity index is 442. The summed E-state index contributed by atoms with van der Waals surface area (Å²) in [5.74, 6) is -0.0842. The third-order valence-corrected chi connectivity index (χ3v) is 2.32. The standard InChI is InChI=1S/C11H17N3O3/c1-3-5-7(11(16)17)12-9-6-10(15)14-8(4-2)13-9/h6-7H,3-5H2,1-2H3,(H,16,17)(H2,12,13,14,15). The lowest BCUT2D eigenvalue weighted by Crippen LogP contribution is -2.30. The number of aromatic amines is 1. The molecule has 94 valence electrons. The highest BCUT2D eigenvalue weighted by atomic mass is 16.4. The van der Waals surface area contributed by atoms with E-state index in [0.29, 0.717) is 24.5 Å². The second-order valence-corrected chi connectivity index (χ2v) is 3.75. The van der Waals surface area contributed by atoms with Gasteiger partial charge in [-0.25, -0.2) is 9.78 Å². The maximum Gasteiger partial charge on any atom is 0.326 e. The molecule has 0 aliphatic heterocycles. The molecular weight excluding hydrogens is 222 g/mol. The van der Waals surface area contributed by atoms with E-state index in [-0.39, 0.29) is 5.56 Å². The van der Waals surface area contributed by atoms with Crippen molar-refractivity contribution in [1.29, 1.82) is 0 Å². The van der Waals surface area contributed by atoms with Crippen molar-refractivity contribution in [2.24, 2.45) is 0 Å². The number of nitrogens with zero attached hydrogens (tertiary/aromatic N) is 1. The van der Waals surface area contributed by atoms with Crippen LogP contribution in [0.15, 0.2) is 10.9 Å². The van der Waals surface area contributed by atoms with Crippen LogP contribution in [0.1, 0.15) is 32.5 Å². The molecule has 1 unspecified atom stereocenters. The number of hydrogen-bond acceptors (Lipinski definition) is 4. The van der Waals surface area contributed by atoms with Gasteiger partial charge in [0.05, 0.1) is 0 Å². The van der Waals surface area contributed by atoms with Gasteiger partial charge in [0.2, 0.25) is 0 Å². The third-order valence-electron chi connectivity index (χ3n) is 2.32. The molecule has 0 bridgehead atoms. The first-order valence-electron chi connectivity index (χ1n) is 5.66. The summed E-state index contributed by atoms with van der Waals surface area (Å²) in [7, 11) is 0. The Morgan fingerprint density at radius 2 is 2.29 bits per heavy atom. The van der Waals surface area contributed by atoms with Crippen molar-refractivity contribution >= 4 is 11.8 Å². The quantitative estimate of drug-likeness (QED) is 0.688. The lowest BCUT2D eigenvalue weighted by Gasteiger charge is -2.14. The summed E-state index contributed by atoms with van der Waals surface area (Å²) in [5, 5.41) is 11.7. The van der Waals surface area contributed by atoms with Crippen molar-refractivity contribution in [3.8, 4) is 0 Å². The van der Waals surface area contributed by atoms with E-state index >= 15 is 0 Å². The van der Waals surface area contributed by atoms with Crippen LogP contribution < -0.4 is 10.9 Å². The summed E-state index contributed by atoms with van der Waals surface area (Å²) in [6.07, 6.45) is 1.83. The van der Waals surface area contributed by atoms with Gasteiger partial charge in [0, 0.05) is 12.5 Å². The van der Waals surface area contributed by atoms with Crippen molar-refractivity contribution < 1.29 is 9.90 Å². The van der Waals surface area contributed by atoms with Gasteiger partial charge in [0.15, 0.2) is 0 Å². The molecule has 0 radical (unpaired) electrons. The summed E-state index contributed by atoms with van der Waals surface area (Å²) in [4.78, 5) is 29.0. The first-order chi connectivity index (χ1) is 8.06. The molecule has 0 spiro atoms. The van der Waals surface area contributed by atoms with E-state index in [1.807, 2.05) is 13.8 Å². The highest BCUT2D eigenvalue weighted by molar-refractivity contribution is 5.76. The van der Waals surface area contributed by atoms with E-state index in [1.54, 1.807) is 0 Å². The molecule has 1 aromatic rings. The predicted molar refractivity (Wildman–Crippen MR) is 64.2 cm³/mol. The van der Waals surface area contributed by atoms with Gasteiger partial charge in [-0.1, -0.05) is 20.3 Å². The van der Waals surface area contributed by atoms with Crippen molar-refractivity contribution in [2.75, 3.05) is 5.32 Å². The lowest BCUT2D eigenvalue weighted by molar-refractivity contribution is -0.138. The lowest BCUT2D eigenvalue weighted by atomic mass is 10.2. The Morgan fingerprint density at radius 3 is 2.82 bits per heavy atom. The van der Waals surface area contributed by atoms with Crippen LogP contribution in [-0.2, 0) is 11.2 Å². The molecule has 0 aliphatic carbocycles. The normalized spacial score (nSPS) is 12.1. The first-order valence-corrected chi connectivity index (χ1v) is 5.66. The minimum atomic E-state index is -0.938. The van der Waals surface area contributed by atoms with Gasteiger partial charge < -0.3 is 15.4 Å². The van der Waals surface area contributed by atoms with E-state index in [4.69, 9.17) is 5.11 Å². The predicted octanol–water partition coefficient (Wildman–Crippen LogP) is 0.997. The molecule has 6 nitrogen and oxygen atoms in total. The van der Waals surface area contributed by atoms with E-state index in [9.17, 15) is 9.59 Å². The van der Waals surface area contributed by atoms with Crippen LogP contribution in [0, 0.1) is 0 Å². The number of carbonyl (C=O) groups is 1. The smallest absolute Gasteiger partial charge is 0.326 e. The Labute approximate surface area is 99.1 Å². The van der Waals surface area contributed by atoms with Gasteiger partial charge in [-0.3, -0.25) is 4.79 Å². The summed E-state index contributed by atoms with van der Waals surface area (Å²) < 4.78 is 0. The summed E-state index contributed by atoms with van der Waals surface area (Å²) >= 11 is 0. The summed E-state index contributed by atoms with van der Waals surface area (Å²) in [5.41, 5.74) is -0.278. The SMILES string of the molecule is CCCC(Nc1cc(=O)[nH]c(CC)n1)C(=O)O. The Kier molecular flexibility index (Phi) is 4.68. The number of aromatic nitrogens is 2. The fourth-order valence-corrected chi connectivity index (χ4v) is 1.47. The number of anilines is 1. The average molecular weight is 239 g/mol. The van der Waals surface area contributed by atoms with Crippen molar-refractivity contribution in [1.82, 2.24) is 9.97 Å². The second kappa shape index (κ2) is 6.03. The number of aryl methyl sites for hydroxylation is 1. The molecule has 17 heavy (non-hydrogen) atoms. The number of rotatable bonds is 6. The van der Waals surface area contributed by atoms with E-state index in [1.165, 1.54) is 6.07 Å². The molecule has 3 N–H and O–H groups in total. The van der Waals surface area contributed by atoms with Crippen LogP contribution in [-0.4, -0.2) is 27.1 Å². The van der Waals surface area contributed by atoms with Gasteiger partial charge in [-0.05, 0) is 6.42 Å². The zero-order valence-corrected chi connectivity index (χ0v) is 9.99. The number of aliphatic carboxylic acids is 1. The topological polar surface area (TPSA) is 95.1 Å². The average Bonchev–Trinajstić information content (AvgIpc) is 2.27. The van der Waals surface area contributed by atoms with Gasteiger partial charge in [-0.2, -0.15) is 0 Å². The molecule has 0 amide bonds. The van der Waals surface area contributed by atoms with Crippen LogP contribution in [0.2, 0.25) is 0 Å². The first kappa shape index (κ1) is 13.2. The Balaban J connectivity index is 2.88. The minimum absolute atomic E-state index is 0.278. The Hall–Kier alpha value is -1.85. The highest BCUT2D eigenvalue weighted by Gasteiger charge is 2.16. The maximum absolute atomic E-state index is 11.3. The number of carboxylic acid groups (broad SMARTS) is 1. The van der Waals surface area contributed by atoms with Crippen LogP contribution >= 0.6 is 0 Å². The number of carboxylic acids is 1. The zero-order chi connectivity index (χ0) is 12.8. The van der Waals surface area contributed by atoms with Crippen LogP contribution in [0.4, 0.5) is 5.82 Å². The molecule has 1 atom stereocenters. The fraction of sp³-hybridized carbons (Fsp3) is 0.545. The molecule has 0 saturated carbocycles. The van der Waals surface area contributed by atoms with Crippen molar-refractivity contribution in [3.63, 3.8) is 0 Å². The molecular formula is C11H17N3O3. The zero-order valence-electron chi connectivity index (χ0n) is 9.99. The number of H-pyrrole nitrogens is 1. The maximum atomic E-state index is 11.3. The monoisotopic (exact) mass is 239 g/mol. The number of hydrogen-bond donors (Lipinski definition) is 3. The second-order valence-electron chi connectivity index (χ2n) is 3.75. The van der Waals surface area contributed by atoms with Gasteiger partial charge in [0.25, 0.3) is 5.56 Å². The molecule has 0 fully saturated rings.